The highest BCUT2D eigenvalue weighted by atomic mass is 19.4. The number of pyridine rings is 1. The zero-order chi connectivity index (χ0) is 25.3. The highest BCUT2D eigenvalue weighted by molar-refractivity contribution is 5.88. The summed E-state index contributed by atoms with van der Waals surface area (Å²) in [5, 5.41) is 1.02. The molecule has 1 aromatic heterocycles. The predicted octanol–water partition coefficient (Wildman–Crippen LogP) is 5.51. The van der Waals surface area contributed by atoms with Crippen molar-refractivity contribution in [2.45, 2.75) is 18.8 Å². The largest absolute Gasteiger partial charge is 0.417 e. The Labute approximate surface area is 206 Å². The van der Waals surface area contributed by atoms with Gasteiger partial charge in [0.25, 0.3) is 5.56 Å². The van der Waals surface area contributed by atoms with Gasteiger partial charge in [-0.1, -0.05) is 54.6 Å². The van der Waals surface area contributed by atoms with E-state index >= 15 is 0 Å². The average molecular weight is 494 g/mol. The van der Waals surface area contributed by atoms with Gasteiger partial charge < -0.3 is 14.6 Å². The quantitative estimate of drug-likeness (QED) is 0.385. The number of benzene rings is 3. The molecule has 1 N–H and O–H groups in total. The van der Waals surface area contributed by atoms with Crippen LogP contribution in [0, 0.1) is 0 Å². The lowest BCUT2D eigenvalue weighted by Gasteiger charge is -2.18. The van der Waals surface area contributed by atoms with E-state index in [0.29, 0.717) is 30.7 Å². The van der Waals surface area contributed by atoms with Gasteiger partial charge in [0, 0.05) is 28.9 Å². The van der Waals surface area contributed by atoms with E-state index in [1.54, 1.807) is 18.2 Å². The number of alkyl halides is 3. The van der Waals surface area contributed by atoms with Gasteiger partial charge in [-0.15, -0.1) is 0 Å². The van der Waals surface area contributed by atoms with Gasteiger partial charge in [0.2, 0.25) is 0 Å². The Morgan fingerprint density at radius 3 is 2.53 bits per heavy atom. The molecule has 0 amide bonds. The summed E-state index contributed by atoms with van der Waals surface area (Å²) < 4.78 is 46.4. The third-order valence-electron chi connectivity index (χ3n) is 6.59. The summed E-state index contributed by atoms with van der Waals surface area (Å²) in [5.41, 5.74) is 0.904. The zero-order valence-electron chi connectivity index (χ0n) is 19.8. The molecule has 8 heteroatoms. The average Bonchev–Trinajstić information content (AvgIpc) is 3.24. The molecule has 0 unspecified atom stereocenters. The number of rotatable bonds is 6. The maximum atomic E-state index is 13.5. The van der Waals surface area contributed by atoms with Crippen LogP contribution in [0.5, 0.6) is 0 Å². The van der Waals surface area contributed by atoms with Crippen LogP contribution in [0.25, 0.3) is 22.0 Å². The summed E-state index contributed by atoms with van der Waals surface area (Å²) >= 11 is 0. The van der Waals surface area contributed by atoms with Gasteiger partial charge in [0.1, 0.15) is 0 Å². The number of hydrogen-bond acceptors (Lipinski definition) is 4. The van der Waals surface area contributed by atoms with Crippen LogP contribution < -0.4 is 10.5 Å². The van der Waals surface area contributed by atoms with Crippen LogP contribution in [0.3, 0.4) is 0 Å². The van der Waals surface area contributed by atoms with E-state index in [-0.39, 0.29) is 17.3 Å². The fourth-order valence-electron chi connectivity index (χ4n) is 4.65. The fraction of sp³-hybridized carbons (Fsp3) is 0.250. The molecule has 5 nitrogen and oxygen atoms in total. The smallest absolute Gasteiger partial charge is 0.375 e. The second kappa shape index (κ2) is 9.79. The summed E-state index contributed by atoms with van der Waals surface area (Å²) in [6.07, 6.45) is -4.52. The second-order valence-electron chi connectivity index (χ2n) is 9.10. The van der Waals surface area contributed by atoms with Crippen molar-refractivity contribution in [3.63, 3.8) is 0 Å². The number of halogens is 3. The number of H-pyrrole nitrogens is 1. The van der Waals surface area contributed by atoms with Crippen LogP contribution >= 0.6 is 0 Å². The molecule has 36 heavy (non-hydrogen) atoms. The predicted molar refractivity (Wildman–Crippen MR) is 135 cm³/mol. The molecule has 1 aliphatic rings. The molecule has 3 aromatic carbocycles. The molecule has 186 valence electrons. The summed E-state index contributed by atoms with van der Waals surface area (Å²) in [5.74, 6) is 0. The molecule has 5 rings (SSSR count). The monoisotopic (exact) mass is 493 g/mol. The Morgan fingerprint density at radius 1 is 1.00 bits per heavy atom. The van der Waals surface area contributed by atoms with E-state index in [9.17, 15) is 18.0 Å². The molecule has 1 fully saturated rings. The maximum absolute atomic E-state index is 13.5. The highest BCUT2D eigenvalue weighted by Crippen LogP contribution is 2.36. The number of anilines is 1. The van der Waals surface area contributed by atoms with Crippen LogP contribution in [0.15, 0.2) is 83.7 Å². The van der Waals surface area contributed by atoms with Gasteiger partial charge >= 0.3 is 6.18 Å². The molecule has 1 aliphatic heterocycles. The number of fused-ring (bicyclic) bond motifs is 1. The third kappa shape index (κ3) is 5.01. The lowest BCUT2D eigenvalue weighted by Crippen LogP contribution is -2.31. The molecule has 0 saturated carbocycles. The lowest BCUT2D eigenvalue weighted by molar-refractivity contribution is -0.137. The maximum Gasteiger partial charge on any atom is 0.417 e. The second-order valence-corrected chi connectivity index (χ2v) is 9.10. The number of likely N-dealkylation sites (N-methyl/N-ethyl adjacent to an activating group) is 1. The van der Waals surface area contributed by atoms with Crippen molar-refractivity contribution in [1.29, 1.82) is 0 Å². The van der Waals surface area contributed by atoms with E-state index in [1.165, 1.54) is 18.2 Å². The van der Waals surface area contributed by atoms with E-state index in [1.807, 2.05) is 43.4 Å². The van der Waals surface area contributed by atoms with Crippen molar-refractivity contribution in [1.82, 2.24) is 9.88 Å². The molecule has 1 atom stereocenters. The van der Waals surface area contributed by atoms with E-state index in [0.717, 1.165) is 23.9 Å². The minimum atomic E-state index is -4.52. The van der Waals surface area contributed by atoms with Crippen LogP contribution in [-0.4, -0.2) is 42.8 Å². The van der Waals surface area contributed by atoms with Gasteiger partial charge in [-0.05, 0) is 42.3 Å². The first-order valence-electron chi connectivity index (χ1n) is 11.7. The van der Waals surface area contributed by atoms with E-state index in [2.05, 4.69) is 14.8 Å². The van der Waals surface area contributed by atoms with Crippen molar-refractivity contribution < 1.29 is 17.9 Å². The van der Waals surface area contributed by atoms with Crippen LogP contribution in [0.4, 0.5) is 18.9 Å². The molecule has 4 aromatic rings. The van der Waals surface area contributed by atoms with Crippen LogP contribution in [0.1, 0.15) is 11.1 Å². The van der Waals surface area contributed by atoms with Gasteiger partial charge in [0.05, 0.1) is 31.5 Å². The molecule has 2 heterocycles. The molecule has 0 aliphatic carbocycles. The summed E-state index contributed by atoms with van der Waals surface area (Å²) in [7, 11) is 2.04. The summed E-state index contributed by atoms with van der Waals surface area (Å²) in [6.45, 7) is 2.56. The van der Waals surface area contributed by atoms with Crippen molar-refractivity contribution in [2.24, 2.45) is 0 Å². The minimum absolute atomic E-state index is 0.0485. The van der Waals surface area contributed by atoms with Gasteiger partial charge in [-0.3, -0.25) is 9.69 Å². The topological polar surface area (TPSA) is 48.6 Å². The first-order valence-corrected chi connectivity index (χ1v) is 11.7. The summed E-state index contributed by atoms with van der Waals surface area (Å²) in [6, 6.07) is 22.6. The van der Waals surface area contributed by atoms with Crippen LogP contribution in [0.2, 0.25) is 0 Å². The molecular weight excluding hydrogens is 467 g/mol. The van der Waals surface area contributed by atoms with Crippen molar-refractivity contribution in [3.05, 3.63) is 100 Å². The van der Waals surface area contributed by atoms with Crippen molar-refractivity contribution in [2.75, 3.05) is 31.8 Å². The standard InChI is InChI=1S/C28H26F3N3O2/c1-33-18-34(15-22(33)17-36-16-19-7-3-2-4-8-19)21-12-11-20-13-26(32-27(35)24(20)14-21)23-9-5-6-10-25(23)28(29,30)31/h2-14,22H,15-18H2,1H3,(H,32,35)/t22-/m1/s1. The van der Waals surface area contributed by atoms with Crippen LogP contribution in [-0.2, 0) is 17.5 Å². The fourth-order valence-corrected chi connectivity index (χ4v) is 4.65. The lowest BCUT2D eigenvalue weighted by atomic mass is 10.0. The molecule has 0 spiro atoms. The molecule has 0 bridgehead atoms. The molecule has 0 radical (unpaired) electrons. The van der Waals surface area contributed by atoms with E-state index in [4.69, 9.17) is 4.74 Å². The van der Waals surface area contributed by atoms with Gasteiger partial charge in [0.15, 0.2) is 0 Å². The number of aromatic amines is 1. The zero-order valence-corrected chi connectivity index (χ0v) is 19.8. The number of ether oxygens (including phenoxy) is 1. The SMILES string of the molecule is CN1CN(c2ccc3cc(-c4ccccc4C(F)(F)F)[nH]c(=O)c3c2)C[C@@H]1COCc1ccccc1. The third-order valence-corrected chi connectivity index (χ3v) is 6.59. The first kappa shape index (κ1) is 24.1. The number of hydrogen-bond donors (Lipinski definition) is 1. The van der Waals surface area contributed by atoms with Gasteiger partial charge in [-0.25, -0.2) is 0 Å². The Morgan fingerprint density at radius 2 is 1.75 bits per heavy atom. The number of aromatic nitrogens is 1. The molecular formula is C28H26F3N3O2. The summed E-state index contributed by atoms with van der Waals surface area (Å²) in [4.78, 5) is 19.9. The minimum Gasteiger partial charge on any atom is -0.375 e. The first-order chi connectivity index (χ1) is 17.3. The Balaban J connectivity index is 1.34. The Kier molecular flexibility index (Phi) is 6.55. The van der Waals surface area contributed by atoms with Gasteiger partial charge in [-0.2, -0.15) is 13.2 Å². The van der Waals surface area contributed by atoms with E-state index < -0.39 is 17.3 Å². The number of nitrogens with one attached hydrogen (secondary N) is 1. The van der Waals surface area contributed by atoms with Crippen molar-refractivity contribution in [3.8, 4) is 11.3 Å². The Hall–Kier alpha value is -3.62. The van der Waals surface area contributed by atoms with Crippen molar-refractivity contribution >= 4 is 16.5 Å². The normalized spacial score (nSPS) is 16.7. The molecule has 1 saturated heterocycles. The Bertz CT molecular complexity index is 1420. The number of nitrogens with zero attached hydrogens (tertiary/aromatic N) is 2. The highest BCUT2D eigenvalue weighted by Gasteiger charge is 2.33.